The van der Waals surface area contributed by atoms with Crippen LogP contribution < -0.4 is 22.5 Å². The van der Waals surface area contributed by atoms with Crippen LogP contribution in [0.3, 0.4) is 0 Å². The van der Waals surface area contributed by atoms with Gasteiger partial charge in [-0.1, -0.05) is 11.6 Å². The maximum Gasteiger partial charge on any atom is 0.329 e. The topological polar surface area (TPSA) is 192 Å². The van der Waals surface area contributed by atoms with E-state index in [1.807, 2.05) is 0 Å². The van der Waals surface area contributed by atoms with Crippen molar-refractivity contribution >= 4 is 55.1 Å². The fraction of sp³-hybridized carbons (Fsp3) is 0.400. The molecule has 11 nitrogen and oxygen atoms in total. The van der Waals surface area contributed by atoms with Crippen molar-refractivity contribution in [2.24, 2.45) is 16.5 Å². The molecule has 136 valence electrons. The van der Waals surface area contributed by atoms with Crippen LogP contribution in [0.25, 0.3) is 0 Å². The Labute approximate surface area is 149 Å². The molecular formula is C10H18Cl2N7O4P. The molecule has 0 aliphatic carbocycles. The summed E-state index contributed by atoms with van der Waals surface area (Å²) in [5.41, 5.74) is 15.5. The van der Waals surface area contributed by atoms with Crippen LogP contribution in [0.15, 0.2) is 4.99 Å². The van der Waals surface area contributed by atoms with Gasteiger partial charge in [0, 0.05) is 6.54 Å². The Morgan fingerprint density at radius 3 is 2.62 bits per heavy atom. The quantitative estimate of drug-likeness (QED) is 0.239. The molecule has 0 bridgehead atoms. The van der Waals surface area contributed by atoms with Gasteiger partial charge < -0.3 is 31.9 Å². The molecule has 0 saturated heterocycles. The van der Waals surface area contributed by atoms with Gasteiger partial charge in [-0.3, -0.25) is 9.36 Å². The normalized spacial score (nSPS) is 12.6. The molecule has 1 heterocycles. The number of carbonyl (C=O) groups excluding carboxylic acids is 1. The highest BCUT2D eigenvalue weighted by molar-refractivity contribution is 7.52. The summed E-state index contributed by atoms with van der Waals surface area (Å²) in [6, 6.07) is 0. The zero-order chi connectivity index (χ0) is 17.6. The number of rotatable bonds is 7. The lowest BCUT2D eigenvalue weighted by molar-refractivity contribution is 0.0998. The van der Waals surface area contributed by atoms with Crippen LogP contribution in [0.4, 0.5) is 11.6 Å². The molecule has 0 aliphatic heterocycles. The van der Waals surface area contributed by atoms with Gasteiger partial charge in [-0.25, -0.2) is 9.97 Å². The Kier molecular flexibility index (Phi) is 8.94. The minimum Gasteiger partial charge on any atom is -0.382 e. The van der Waals surface area contributed by atoms with Crippen LogP contribution in [-0.2, 0) is 9.09 Å². The Hall–Kier alpha value is -1.65. The van der Waals surface area contributed by atoms with Gasteiger partial charge in [0.1, 0.15) is 0 Å². The van der Waals surface area contributed by atoms with Crippen LogP contribution >= 0.6 is 31.6 Å². The largest absolute Gasteiger partial charge is 0.382 e. The molecule has 0 aliphatic rings. The number of aliphatic imine (C=N–C) groups is 1. The van der Waals surface area contributed by atoms with E-state index in [0.717, 1.165) is 0 Å². The van der Waals surface area contributed by atoms with Gasteiger partial charge in [0.2, 0.25) is 0 Å². The number of aromatic nitrogens is 2. The summed E-state index contributed by atoms with van der Waals surface area (Å²) in [7, 11) is -3.68. The van der Waals surface area contributed by atoms with Crippen molar-refractivity contribution in [1.29, 1.82) is 0 Å². The summed E-state index contributed by atoms with van der Waals surface area (Å²) in [4.78, 5) is 32.0. The first-order chi connectivity index (χ1) is 10.7. The fourth-order valence-electron chi connectivity index (χ4n) is 1.45. The summed E-state index contributed by atoms with van der Waals surface area (Å²) in [6.45, 7) is 1.75. The highest BCUT2D eigenvalue weighted by Crippen LogP contribution is 2.40. The summed E-state index contributed by atoms with van der Waals surface area (Å²) in [5, 5.41) is 2.51. The Morgan fingerprint density at radius 1 is 1.46 bits per heavy atom. The Balaban J connectivity index is 0.00000529. The van der Waals surface area contributed by atoms with Crippen LogP contribution in [-0.4, -0.2) is 46.0 Å². The average Bonchev–Trinajstić information content (AvgIpc) is 2.41. The summed E-state index contributed by atoms with van der Waals surface area (Å²) in [6.07, 6.45) is -0.173. The van der Waals surface area contributed by atoms with Crippen molar-refractivity contribution in [2.75, 3.05) is 30.4 Å². The number of amides is 1. The van der Waals surface area contributed by atoms with Crippen molar-refractivity contribution in [3.05, 3.63) is 10.8 Å². The van der Waals surface area contributed by atoms with E-state index in [1.54, 1.807) is 6.92 Å². The molecule has 1 aromatic rings. The number of guanidine groups is 1. The van der Waals surface area contributed by atoms with E-state index in [0.29, 0.717) is 0 Å². The van der Waals surface area contributed by atoms with Crippen molar-refractivity contribution < 1.29 is 18.8 Å². The van der Waals surface area contributed by atoms with Gasteiger partial charge in [0.25, 0.3) is 0 Å². The van der Waals surface area contributed by atoms with Crippen molar-refractivity contribution in [2.45, 2.75) is 6.92 Å². The molecule has 24 heavy (non-hydrogen) atoms. The zero-order valence-electron chi connectivity index (χ0n) is 12.6. The highest BCUT2D eigenvalue weighted by atomic mass is 35.5. The molecule has 0 aromatic carbocycles. The number of carbonyl (C=O) groups is 1. The lowest BCUT2D eigenvalue weighted by Gasteiger charge is -2.12. The number of nitrogens with one attached hydrogen (secondary N) is 1. The van der Waals surface area contributed by atoms with E-state index in [9.17, 15) is 14.3 Å². The average molecular weight is 402 g/mol. The molecule has 0 fully saturated rings. The van der Waals surface area contributed by atoms with Crippen molar-refractivity contribution in [3.8, 4) is 0 Å². The first kappa shape index (κ1) is 22.4. The molecule has 0 spiro atoms. The smallest absolute Gasteiger partial charge is 0.329 e. The number of nitrogens with two attached hydrogens (primary N) is 3. The third-order valence-electron chi connectivity index (χ3n) is 2.33. The number of nitrogen functional groups attached to an aromatic ring is 1. The number of hydrogen-bond donors (Lipinski definition) is 5. The first-order valence-corrected chi connectivity index (χ1v) is 8.47. The van der Waals surface area contributed by atoms with E-state index in [4.69, 9.17) is 33.3 Å². The number of hydrogen-bond acceptors (Lipinski definition) is 7. The third kappa shape index (κ3) is 6.85. The fourth-order valence-corrected chi connectivity index (χ4v) is 2.57. The van der Waals surface area contributed by atoms with E-state index in [-0.39, 0.29) is 54.2 Å². The maximum atomic E-state index is 11.7. The van der Waals surface area contributed by atoms with Crippen LogP contribution in [0.1, 0.15) is 17.4 Å². The van der Waals surface area contributed by atoms with Gasteiger partial charge in [-0.2, -0.15) is 4.99 Å². The Morgan fingerprint density at radius 2 is 2.08 bits per heavy atom. The van der Waals surface area contributed by atoms with Crippen LogP contribution in [0.2, 0.25) is 5.15 Å². The molecule has 0 radical (unpaired) electrons. The maximum absolute atomic E-state index is 11.7. The molecule has 1 amide bonds. The van der Waals surface area contributed by atoms with Gasteiger partial charge in [0.15, 0.2) is 28.4 Å². The second kappa shape index (κ2) is 9.60. The minimum atomic E-state index is -3.68. The number of nitrogens with zero attached hydrogens (tertiary/aromatic N) is 3. The number of halogens is 2. The second-order valence-electron chi connectivity index (χ2n) is 4.14. The summed E-state index contributed by atoms with van der Waals surface area (Å²) >= 11 is 5.88. The molecule has 8 N–H and O–H groups in total. The minimum absolute atomic E-state index is 0. The van der Waals surface area contributed by atoms with Gasteiger partial charge in [-0.05, 0) is 6.92 Å². The molecule has 14 heteroatoms. The van der Waals surface area contributed by atoms with Crippen molar-refractivity contribution in [3.63, 3.8) is 0 Å². The molecular weight excluding hydrogens is 384 g/mol. The SMILES string of the molecule is CCOP(=O)(O)CCNc1nc(N)c(C(=O)N=C(N)N)nc1Cl.Cl. The first-order valence-electron chi connectivity index (χ1n) is 6.33. The third-order valence-corrected chi connectivity index (χ3v) is 4.05. The number of anilines is 2. The molecule has 1 aromatic heterocycles. The lowest BCUT2D eigenvalue weighted by atomic mass is 10.4. The zero-order valence-corrected chi connectivity index (χ0v) is 15.1. The predicted molar refractivity (Wildman–Crippen MR) is 93.7 cm³/mol. The summed E-state index contributed by atoms with van der Waals surface area (Å²) < 4.78 is 16.2. The molecule has 1 rings (SSSR count). The lowest BCUT2D eigenvalue weighted by Crippen LogP contribution is -2.25. The highest BCUT2D eigenvalue weighted by Gasteiger charge is 2.20. The summed E-state index contributed by atoms with van der Waals surface area (Å²) in [5.74, 6) is -1.55. The standard InChI is InChI=1S/C10H17ClN7O4P.ClH/c1-2-22-23(20,21)4-3-15-8-6(11)16-5(7(12)17-8)9(19)18-10(13)14;/h2-4H2,1H3,(H,20,21)(H3,12,15,17)(H4,13,14,18,19);1H. The second-order valence-corrected chi connectivity index (χ2v) is 6.48. The van der Waals surface area contributed by atoms with Crippen LogP contribution in [0, 0.1) is 0 Å². The van der Waals surface area contributed by atoms with Gasteiger partial charge in [-0.15, -0.1) is 12.4 Å². The Bertz CT molecular complexity index is 669. The molecule has 0 saturated carbocycles. The van der Waals surface area contributed by atoms with Gasteiger partial charge >= 0.3 is 13.5 Å². The molecule has 1 atom stereocenters. The van der Waals surface area contributed by atoms with E-state index >= 15 is 0 Å². The van der Waals surface area contributed by atoms with E-state index in [1.165, 1.54) is 0 Å². The van der Waals surface area contributed by atoms with Crippen molar-refractivity contribution in [1.82, 2.24) is 9.97 Å². The monoisotopic (exact) mass is 401 g/mol. The van der Waals surface area contributed by atoms with E-state index in [2.05, 4.69) is 20.3 Å². The predicted octanol–water partition coefficient (Wildman–Crippen LogP) is 0.181. The van der Waals surface area contributed by atoms with E-state index < -0.39 is 19.5 Å². The van der Waals surface area contributed by atoms with Crippen LogP contribution in [0.5, 0.6) is 0 Å². The van der Waals surface area contributed by atoms with Gasteiger partial charge in [0.05, 0.1) is 12.8 Å². The molecule has 1 unspecified atom stereocenters.